The van der Waals surface area contributed by atoms with Gasteiger partial charge in [0.05, 0.1) is 5.56 Å². The molecule has 0 aromatic heterocycles. The van der Waals surface area contributed by atoms with Crippen LogP contribution in [0.5, 0.6) is 23.0 Å². The summed E-state index contributed by atoms with van der Waals surface area (Å²) < 4.78 is 11.5. The largest absolute Gasteiger partial charge is 0.508 e. The zero-order valence-electron chi connectivity index (χ0n) is 20.4. The lowest BCUT2D eigenvalue weighted by molar-refractivity contribution is 0.0734. The molecule has 4 nitrogen and oxygen atoms in total. The highest BCUT2D eigenvalue weighted by Crippen LogP contribution is 2.45. The zero-order chi connectivity index (χ0) is 25.0. The first-order chi connectivity index (χ1) is 17.5. The van der Waals surface area contributed by atoms with Crippen molar-refractivity contribution in [1.82, 2.24) is 0 Å². The molecule has 0 saturated heterocycles. The number of rotatable bonds is 6. The Morgan fingerprint density at radius 2 is 1.17 bits per heavy atom. The smallest absolute Gasteiger partial charge is 0.343 e. The van der Waals surface area contributed by atoms with Crippen molar-refractivity contribution in [2.24, 2.45) is 0 Å². The molecule has 1 fully saturated rings. The molecule has 1 N–H and O–H groups in total. The fraction of sp³-hybridized carbons (Fsp3) is 0.219. The first kappa shape index (κ1) is 23.7. The van der Waals surface area contributed by atoms with Gasteiger partial charge in [-0.3, -0.25) is 0 Å². The molecule has 182 valence electrons. The number of carbonyl (C=O) groups is 1. The number of ether oxygens (including phenoxy) is 2. The van der Waals surface area contributed by atoms with Crippen LogP contribution in [-0.2, 0) is 5.41 Å². The van der Waals surface area contributed by atoms with Crippen molar-refractivity contribution in [3.63, 3.8) is 0 Å². The maximum absolute atomic E-state index is 12.7. The Morgan fingerprint density at radius 3 is 1.75 bits per heavy atom. The fourth-order valence-corrected chi connectivity index (χ4v) is 5.09. The van der Waals surface area contributed by atoms with Gasteiger partial charge >= 0.3 is 5.97 Å². The number of benzene rings is 4. The number of carbonyl (C=O) groups excluding carboxylic acids is 1. The molecule has 4 heteroatoms. The SMILES string of the molecule is Cc1ccc(Oc2ccc(C(=O)Oc3ccc(C4(c5ccc(O)cc5)CCCCC4)cc3)cc2)cc1. The third kappa shape index (κ3) is 5.13. The lowest BCUT2D eigenvalue weighted by Crippen LogP contribution is -2.30. The van der Waals surface area contributed by atoms with Crippen LogP contribution in [-0.4, -0.2) is 11.1 Å². The van der Waals surface area contributed by atoms with Gasteiger partial charge in [-0.2, -0.15) is 0 Å². The fourth-order valence-electron chi connectivity index (χ4n) is 5.09. The second-order valence-corrected chi connectivity index (χ2v) is 9.54. The molecule has 0 bridgehead atoms. The summed E-state index contributed by atoms with van der Waals surface area (Å²) in [5.41, 5.74) is 3.98. The predicted molar refractivity (Wildman–Crippen MR) is 141 cm³/mol. The Bertz CT molecular complexity index is 1300. The van der Waals surface area contributed by atoms with E-state index in [0.717, 1.165) is 18.6 Å². The Labute approximate surface area is 212 Å². The number of hydrogen-bond donors (Lipinski definition) is 1. The topological polar surface area (TPSA) is 55.8 Å². The molecule has 4 aromatic rings. The second-order valence-electron chi connectivity index (χ2n) is 9.54. The Hall–Kier alpha value is -4.05. The van der Waals surface area contributed by atoms with E-state index in [0.29, 0.717) is 17.1 Å². The van der Waals surface area contributed by atoms with Crippen LogP contribution in [0, 0.1) is 6.92 Å². The van der Waals surface area contributed by atoms with Gasteiger partial charge in [0.1, 0.15) is 23.0 Å². The van der Waals surface area contributed by atoms with E-state index >= 15 is 0 Å². The minimum atomic E-state index is -0.407. The highest BCUT2D eigenvalue weighted by molar-refractivity contribution is 5.91. The van der Waals surface area contributed by atoms with E-state index in [-0.39, 0.29) is 11.2 Å². The number of aromatic hydroxyl groups is 1. The Morgan fingerprint density at radius 1 is 0.667 bits per heavy atom. The van der Waals surface area contributed by atoms with Crippen molar-refractivity contribution in [2.45, 2.75) is 44.4 Å². The van der Waals surface area contributed by atoms with Crippen LogP contribution in [0.25, 0.3) is 0 Å². The maximum Gasteiger partial charge on any atom is 0.343 e. The van der Waals surface area contributed by atoms with E-state index in [1.807, 2.05) is 55.5 Å². The minimum absolute atomic E-state index is 0.0816. The normalized spacial score (nSPS) is 14.7. The number of esters is 1. The molecule has 0 heterocycles. The predicted octanol–water partition coefficient (Wildman–Crippen LogP) is 7.96. The second kappa shape index (κ2) is 10.3. The number of phenolic OH excluding ortho intramolecular Hbond substituents is 1. The molecule has 0 atom stereocenters. The van der Waals surface area contributed by atoms with Crippen LogP contribution in [0.15, 0.2) is 97.1 Å². The molecule has 4 aromatic carbocycles. The molecule has 0 unspecified atom stereocenters. The molecule has 1 saturated carbocycles. The summed E-state index contributed by atoms with van der Waals surface area (Å²) in [5, 5.41) is 9.76. The van der Waals surface area contributed by atoms with Crippen LogP contribution in [0.2, 0.25) is 0 Å². The molecular formula is C32H30O4. The third-order valence-electron chi connectivity index (χ3n) is 7.09. The quantitative estimate of drug-likeness (QED) is 0.226. The zero-order valence-corrected chi connectivity index (χ0v) is 20.4. The summed E-state index contributed by atoms with van der Waals surface area (Å²) in [6, 6.07) is 30.2. The summed E-state index contributed by atoms with van der Waals surface area (Å²) in [6.07, 6.45) is 5.70. The van der Waals surface area contributed by atoms with Crippen molar-refractivity contribution < 1.29 is 19.4 Å². The first-order valence-electron chi connectivity index (χ1n) is 12.5. The van der Waals surface area contributed by atoms with Crippen LogP contribution >= 0.6 is 0 Å². The van der Waals surface area contributed by atoms with Crippen molar-refractivity contribution in [1.29, 1.82) is 0 Å². The highest BCUT2D eigenvalue weighted by atomic mass is 16.5. The monoisotopic (exact) mass is 478 g/mol. The van der Waals surface area contributed by atoms with E-state index in [2.05, 4.69) is 12.1 Å². The summed E-state index contributed by atoms with van der Waals surface area (Å²) in [4.78, 5) is 12.7. The van der Waals surface area contributed by atoms with Gasteiger partial charge < -0.3 is 14.6 Å². The molecule has 36 heavy (non-hydrogen) atoms. The molecule has 0 amide bonds. The molecular weight excluding hydrogens is 448 g/mol. The van der Waals surface area contributed by atoms with E-state index in [4.69, 9.17) is 9.47 Å². The first-order valence-corrected chi connectivity index (χ1v) is 12.5. The Balaban J connectivity index is 1.28. The summed E-state index contributed by atoms with van der Waals surface area (Å²) in [7, 11) is 0. The van der Waals surface area contributed by atoms with Gasteiger partial charge in [0.2, 0.25) is 0 Å². The lowest BCUT2D eigenvalue weighted by Gasteiger charge is -2.38. The van der Waals surface area contributed by atoms with Crippen LogP contribution in [0.3, 0.4) is 0 Å². The van der Waals surface area contributed by atoms with Gasteiger partial charge in [-0.15, -0.1) is 0 Å². The van der Waals surface area contributed by atoms with Crippen LogP contribution in [0.1, 0.15) is 59.2 Å². The molecule has 1 aliphatic rings. The van der Waals surface area contributed by atoms with Gasteiger partial charge in [0.25, 0.3) is 0 Å². The van der Waals surface area contributed by atoms with Gasteiger partial charge in [-0.1, -0.05) is 61.2 Å². The van der Waals surface area contributed by atoms with Crippen molar-refractivity contribution >= 4 is 5.97 Å². The molecule has 0 spiro atoms. The summed E-state index contributed by atoms with van der Waals surface area (Å²) >= 11 is 0. The number of phenols is 1. The summed E-state index contributed by atoms with van der Waals surface area (Å²) in [5.74, 6) is 1.79. The maximum atomic E-state index is 12.7. The average molecular weight is 479 g/mol. The van der Waals surface area contributed by atoms with Crippen molar-refractivity contribution in [3.8, 4) is 23.0 Å². The van der Waals surface area contributed by atoms with E-state index in [1.165, 1.54) is 36.0 Å². The number of hydrogen-bond acceptors (Lipinski definition) is 4. The molecule has 0 aliphatic heterocycles. The molecule has 1 aliphatic carbocycles. The average Bonchev–Trinajstić information content (AvgIpc) is 2.91. The molecule has 5 rings (SSSR count). The van der Waals surface area contributed by atoms with E-state index < -0.39 is 5.97 Å². The van der Waals surface area contributed by atoms with Gasteiger partial charge in [0, 0.05) is 5.41 Å². The van der Waals surface area contributed by atoms with Gasteiger partial charge in [-0.05, 0) is 91.6 Å². The molecule has 0 radical (unpaired) electrons. The van der Waals surface area contributed by atoms with Crippen molar-refractivity contribution in [2.75, 3.05) is 0 Å². The number of aryl methyl sites for hydroxylation is 1. The third-order valence-corrected chi connectivity index (χ3v) is 7.09. The van der Waals surface area contributed by atoms with Gasteiger partial charge in [0.15, 0.2) is 0 Å². The lowest BCUT2D eigenvalue weighted by atomic mass is 9.65. The standard InChI is InChI=1S/C32H30O4/c1-23-5-15-28(16-6-23)35-29-17-7-24(8-18-29)31(34)36-30-19-11-26(12-20-30)32(21-3-2-4-22-32)25-9-13-27(33)14-10-25/h5-20,33H,2-4,21-22H2,1H3. The van der Waals surface area contributed by atoms with Crippen LogP contribution in [0.4, 0.5) is 0 Å². The Kier molecular flexibility index (Phi) is 6.77. The van der Waals surface area contributed by atoms with Crippen molar-refractivity contribution in [3.05, 3.63) is 119 Å². The minimum Gasteiger partial charge on any atom is -0.508 e. The van der Waals surface area contributed by atoms with Gasteiger partial charge in [-0.25, -0.2) is 4.79 Å². The van der Waals surface area contributed by atoms with E-state index in [1.54, 1.807) is 36.4 Å². The van der Waals surface area contributed by atoms with E-state index in [9.17, 15) is 9.90 Å². The highest BCUT2D eigenvalue weighted by Gasteiger charge is 2.35. The van der Waals surface area contributed by atoms with Crippen LogP contribution < -0.4 is 9.47 Å². The summed E-state index contributed by atoms with van der Waals surface area (Å²) in [6.45, 7) is 2.03.